The van der Waals surface area contributed by atoms with Gasteiger partial charge in [-0.25, -0.2) is 0 Å². The van der Waals surface area contributed by atoms with E-state index in [2.05, 4.69) is 10.6 Å². The van der Waals surface area contributed by atoms with Crippen molar-refractivity contribution < 1.29 is 24.2 Å². The van der Waals surface area contributed by atoms with Crippen LogP contribution in [0.5, 0.6) is 0 Å². The highest BCUT2D eigenvalue weighted by molar-refractivity contribution is 6.42. The van der Waals surface area contributed by atoms with Crippen molar-refractivity contribution in [3.63, 3.8) is 0 Å². The Bertz CT molecular complexity index is 674. The second-order valence-electron chi connectivity index (χ2n) is 5.82. The van der Waals surface area contributed by atoms with Crippen LogP contribution in [0.25, 0.3) is 0 Å². The van der Waals surface area contributed by atoms with E-state index >= 15 is 0 Å². The minimum Gasteiger partial charge on any atom is -0.481 e. The van der Waals surface area contributed by atoms with E-state index < -0.39 is 23.3 Å². The Morgan fingerprint density at radius 1 is 1.16 bits per heavy atom. The third kappa shape index (κ3) is 5.59. The van der Waals surface area contributed by atoms with E-state index in [1.54, 1.807) is 0 Å². The number of aliphatic carboxylic acids is 1. The number of ether oxygens (including phenoxy) is 1. The van der Waals surface area contributed by atoms with Crippen molar-refractivity contribution in [3.8, 4) is 0 Å². The summed E-state index contributed by atoms with van der Waals surface area (Å²) in [4.78, 5) is 35.3. The predicted molar refractivity (Wildman–Crippen MR) is 92.0 cm³/mol. The second kappa shape index (κ2) is 8.51. The van der Waals surface area contributed by atoms with E-state index in [1.165, 1.54) is 18.2 Å². The second-order valence-corrected chi connectivity index (χ2v) is 6.64. The molecule has 1 aliphatic heterocycles. The zero-order valence-electron chi connectivity index (χ0n) is 13.3. The van der Waals surface area contributed by atoms with Crippen LogP contribution in [0, 0.1) is 0 Å². The molecule has 7 nitrogen and oxygen atoms in total. The minimum atomic E-state index is -0.998. The van der Waals surface area contributed by atoms with Gasteiger partial charge in [0.1, 0.15) is 0 Å². The molecule has 0 unspecified atom stereocenters. The summed E-state index contributed by atoms with van der Waals surface area (Å²) < 4.78 is 5.23. The van der Waals surface area contributed by atoms with Crippen LogP contribution in [0.2, 0.25) is 10.0 Å². The summed E-state index contributed by atoms with van der Waals surface area (Å²) in [6.45, 7) is 0.480. The van der Waals surface area contributed by atoms with Crippen molar-refractivity contribution in [3.05, 3.63) is 33.8 Å². The minimum absolute atomic E-state index is 0.192. The smallest absolute Gasteiger partial charge is 0.305 e. The first-order valence-corrected chi connectivity index (χ1v) is 8.41. The molecule has 0 atom stereocenters. The fraction of sp³-hybridized carbons (Fsp3) is 0.438. The van der Waals surface area contributed by atoms with Gasteiger partial charge in [0.05, 0.1) is 28.5 Å². The predicted octanol–water partition coefficient (Wildman–Crippen LogP) is 1.86. The average Bonchev–Trinajstić information content (AvgIpc) is 2.55. The maximum atomic E-state index is 12.1. The van der Waals surface area contributed by atoms with Crippen molar-refractivity contribution >= 4 is 41.0 Å². The number of hydrogen-bond donors (Lipinski definition) is 3. The van der Waals surface area contributed by atoms with Crippen LogP contribution in [0.4, 0.5) is 0 Å². The van der Waals surface area contributed by atoms with Crippen LogP contribution < -0.4 is 10.6 Å². The molecule has 1 aliphatic rings. The maximum Gasteiger partial charge on any atom is 0.305 e. The van der Waals surface area contributed by atoms with Crippen molar-refractivity contribution in [1.29, 1.82) is 0 Å². The normalized spacial score (nSPS) is 16.1. The molecule has 1 fully saturated rings. The number of carboxylic acids is 1. The number of benzene rings is 1. The number of rotatable bonds is 6. The molecule has 9 heteroatoms. The van der Waals surface area contributed by atoms with E-state index in [9.17, 15) is 14.4 Å². The molecule has 0 aromatic heterocycles. The Hall–Kier alpha value is -1.83. The molecule has 25 heavy (non-hydrogen) atoms. The van der Waals surface area contributed by atoms with Crippen molar-refractivity contribution in [2.24, 2.45) is 0 Å². The lowest BCUT2D eigenvalue weighted by Gasteiger charge is -2.36. The molecule has 1 saturated heterocycles. The summed E-state index contributed by atoms with van der Waals surface area (Å²) in [5, 5.41) is 14.8. The summed E-state index contributed by atoms with van der Waals surface area (Å²) >= 11 is 11.6. The van der Waals surface area contributed by atoms with Gasteiger partial charge < -0.3 is 20.5 Å². The molecular weight excluding hydrogens is 371 g/mol. The third-order valence-electron chi connectivity index (χ3n) is 3.94. The van der Waals surface area contributed by atoms with Gasteiger partial charge in [-0.05, 0) is 31.0 Å². The average molecular weight is 389 g/mol. The standard InChI is InChI=1S/C16H18Cl2N2O5/c17-11-2-1-10(7-12(11)18)15(24)19-9-13(21)20-16(8-14(22)23)3-5-25-6-4-16/h1-2,7H,3-6,8-9H2,(H,19,24)(H,20,21)(H,22,23). The highest BCUT2D eigenvalue weighted by Crippen LogP contribution is 2.25. The van der Waals surface area contributed by atoms with Crippen LogP contribution in [-0.4, -0.2) is 48.2 Å². The Balaban J connectivity index is 1.93. The number of hydrogen-bond acceptors (Lipinski definition) is 4. The van der Waals surface area contributed by atoms with E-state index in [-0.39, 0.29) is 23.6 Å². The van der Waals surface area contributed by atoms with E-state index in [1.807, 2.05) is 0 Å². The lowest BCUT2D eigenvalue weighted by Crippen LogP contribution is -2.55. The SMILES string of the molecule is O=C(O)CC1(NC(=O)CNC(=O)c2ccc(Cl)c(Cl)c2)CCOCC1. The zero-order chi connectivity index (χ0) is 18.4. The molecule has 0 bridgehead atoms. The summed E-state index contributed by atoms with van der Waals surface area (Å²) in [7, 11) is 0. The van der Waals surface area contributed by atoms with Gasteiger partial charge in [-0.3, -0.25) is 14.4 Å². The zero-order valence-corrected chi connectivity index (χ0v) is 14.8. The maximum absolute atomic E-state index is 12.1. The van der Waals surface area contributed by atoms with Crippen molar-refractivity contribution in [2.45, 2.75) is 24.8 Å². The number of nitrogens with one attached hydrogen (secondary N) is 2. The molecule has 0 spiro atoms. The summed E-state index contributed by atoms with van der Waals surface area (Å²) in [6.07, 6.45) is 0.625. The lowest BCUT2D eigenvalue weighted by molar-refractivity contribution is -0.140. The molecule has 2 amide bonds. The Morgan fingerprint density at radius 2 is 1.84 bits per heavy atom. The molecule has 0 saturated carbocycles. The Labute approximate surface area is 154 Å². The van der Waals surface area contributed by atoms with Gasteiger partial charge in [-0.1, -0.05) is 23.2 Å². The molecule has 2 rings (SSSR count). The van der Waals surface area contributed by atoms with E-state index in [0.717, 1.165) is 0 Å². The highest BCUT2D eigenvalue weighted by Gasteiger charge is 2.36. The van der Waals surface area contributed by atoms with Crippen LogP contribution >= 0.6 is 23.2 Å². The molecular formula is C16H18Cl2N2O5. The Morgan fingerprint density at radius 3 is 2.44 bits per heavy atom. The monoisotopic (exact) mass is 388 g/mol. The molecule has 1 aromatic carbocycles. The van der Waals surface area contributed by atoms with Gasteiger partial charge in [0.15, 0.2) is 0 Å². The van der Waals surface area contributed by atoms with Crippen LogP contribution in [0.1, 0.15) is 29.6 Å². The largest absolute Gasteiger partial charge is 0.481 e. The van der Waals surface area contributed by atoms with Gasteiger partial charge >= 0.3 is 5.97 Å². The molecule has 3 N–H and O–H groups in total. The van der Waals surface area contributed by atoms with Gasteiger partial charge in [-0.2, -0.15) is 0 Å². The summed E-state index contributed by atoms with van der Waals surface area (Å²) in [5.74, 6) is -1.94. The number of carbonyl (C=O) groups is 3. The van der Waals surface area contributed by atoms with Crippen LogP contribution in [0.15, 0.2) is 18.2 Å². The molecule has 136 valence electrons. The third-order valence-corrected chi connectivity index (χ3v) is 4.67. The van der Waals surface area contributed by atoms with Crippen molar-refractivity contribution in [1.82, 2.24) is 10.6 Å². The van der Waals surface area contributed by atoms with E-state index in [0.29, 0.717) is 31.1 Å². The van der Waals surface area contributed by atoms with Gasteiger partial charge in [-0.15, -0.1) is 0 Å². The van der Waals surface area contributed by atoms with Crippen LogP contribution in [-0.2, 0) is 14.3 Å². The first-order chi connectivity index (χ1) is 11.8. The van der Waals surface area contributed by atoms with Gasteiger partial charge in [0.25, 0.3) is 5.91 Å². The first kappa shape index (κ1) is 19.5. The molecule has 0 radical (unpaired) electrons. The van der Waals surface area contributed by atoms with Gasteiger partial charge in [0.2, 0.25) is 5.91 Å². The van der Waals surface area contributed by atoms with E-state index in [4.69, 9.17) is 33.0 Å². The fourth-order valence-electron chi connectivity index (χ4n) is 2.64. The summed E-state index contributed by atoms with van der Waals surface area (Å²) in [6, 6.07) is 4.39. The fourth-order valence-corrected chi connectivity index (χ4v) is 2.94. The molecule has 0 aliphatic carbocycles. The van der Waals surface area contributed by atoms with Crippen molar-refractivity contribution in [2.75, 3.05) is 19.8 Å². The Kier molecular flexibility index (Phi) is 6.64. The number of carbonyl (C=O) groups excluding carboxylic acids is 2. The number of carboxylic acid groups (broad SMARTS) is 1. The molecule has 1 aromatic rings. The lowest BCUT2D eigenvalue weighted by atomic mass is 9.86. The number of halogens is 2. The van der Waals surface area contributed by atoms with Gasteiger partial charge in [0, 0.05) is 18.8 Å². The summed E-state index contributed by atoms with van der Waals surface area (Å²) in [5.41, 5.74) is -0.580. The topological polar surface area (TPSA) is 105 Å². The quantitative estimate of drug-likeness (QED) is 0.689. The van der Waals surface area contributed by atoms with Crippen LogP contribution in [0.3, 0.4) is 0 Å². The first-order valence-electron chi connectivity index (χ1n) is 7.65. The highest BCUT2D eigenvalue weighted by atomic mass is 35.5. The molecule has 1 heterocycles. The number of amides is 2.